The molecule has 0 saturated carbocycles. The minimum Gasteiger partial charge on any atom is -0.479 e. The Hall–Kier alpha value is -3.22. The van der Waals surface area contributed by atoms with Crippen molar-refractivity contribution in [1.82, 2.24) is 10.1 Å². The zero-order chi connectivity index (χ0) is 18.8. The van der Waals surface area contributed by atoms with Gasteiger partial charge in [0.2, 0.25) is 10.0 Å². The minimum atomic E-state index is -3.74. The molecule has 9 heteroatoms. The summed E-state index contributed by atoms with van der Waals surface area (Å²) in [4.78, 5) is 11.8. The molecule has 0 spiro atoms. The Labute approximate surface area is 151 Å². The first-order valence-corrected chi connectivity index (χ1v) is 8.96. The molecule has 2 aromatic rings. The molecule has 0 fully saturated rings. The highest BCUT2D eigenvalue weighted by Gasteiger charge is 2.14. The van der Waals surface area contributed by atoms with Crippen molar-refractivity contribution in [2.24, 2.45) is 5.10 Å². The highest BCUT2D eigenvalue weighted by molar-refractivity contribution is 7.89. The lowest BCUT2D eigenvalue weighted by Gasteiger charge is -2.05. The van der Waals surface area contributed by atoms with E-state index in [1.807, 2.05) is 6.07 Å². The molecule has 0 bridgehead atoms. The molecular weight excluding hydrogens is 356 g/mol. The Morgan fingerprint density at radius 2 is 1.85 bits per heavy atom. The van der Waals surface area contributed by atoms with E-state index in [-0.39, 0.29) is 11.5 Å². The van der Waals surface area contributed by atoms with E-state index in [0.29, 0.717) is 11.3 Å². The normalized spacial score (nSPS) is 11.0. The number of sulfonamides is 1. The van der Waals surface area contributed by atoms with Crippen LogP contribution >= 0.6 is 0 Å². The second-order valence-corrected chi connectivity index (χ2v) is 6.71. The summed E-state index contributed by atoms with van der Waals surface area (Å²) < 4.78 is 31.3. The Balaban J connectivity index is 1.81. The lowest BCUT2D eigenvalue weighted by atomic mass is 10.2. The van der Waals surface area contributed by atoms with Crippen LogP contribution in [0.4, 0.5) is 0 Å². The van der Waals surface area contributed by atoms with Crippen molar-refractivity contribution < 1.29 is 17.9 Å². The van der Waals surface area contributed by atoms with Crippen molar-refractivity contribution >= 4 is 22.1 Å². The maximum atomic E-state index is 12.0. The summed E-state index contributed by atoms with van der Waals surface area (Å²) in [5.74, 6) is -0.0576. The second-order valence-electron chi connectivity index (χ2n) is 4.95. The highest BCUT2D eigenvalue weighted by atomic mass is 32.2. The van der Waals surface area contributed by atoms with Crippen molar-refractivity contribution in [1.29, 1.82) is 5.26 Å². The number of hydrogen-bond donors (Lipinski definition) is 2. The summed E-state index contributed by atoms with van der Waals surface area (Å²) in [6.45, 7) is -0.474. The van der Waals surface area contributed by atoms with E-state index in [1.165, 1.54) is 18.3 Å². The molecule has 0 aromatic heterocycles. The van der Waals surface area contributed by atoms with Gasteiger partial charge < -0.3 is 4.74 Å². The fraction of sp³-hybridized carbons (Fsp3) is 0.118. The molecule has 2 aromatic carbocycles. The molecule has 2 N–H and O–H groups in total. The summed E-state index contributed by atoms with van der Waals surface area (Å²) in [5.41, 5.74) is 2.93. The van der Waals surface area contributed by atoms with Gasteiger partial charge in [0.15, 0.2) is 6.61 Å². The molecule has 0 heterocycles. The standard InChI is InChI=1S/C17H16N4O4S/c18-10-11-25-15-8-6-14(7-9-15)12-19-21-17(22)13-20-26(23,24)16-4-2-1-3-5-16/h1-9,12,20H,11,13H2,(H,21,22)/b19-12-. The Bertz CT molecular complexity index is 904. The van der Waals surface area contributed by atoms with Crippen LogP contribution in [0.3, 0.4) is 0 Å². The molecule has 2 rings (SSSR count). The average molecular weight is 372 g/mol. The van der Waals surface area contributed by atoms with E-state index < -0.39 is 22.5 Å². The first-order valence-electron chi connectivity index (χ1n) is 7.48. The quantitative estimate of drug-likeness (QED) is 0.529. The summed E-state index contributed by atoms with van der Waals surface area (Å²) in [6.07, 6.45) is 1.40. The van der Waals surface area contributed by atoms with Gasteiger partial charge in [-0.25, -0.2) is 18.6 Å². The van der Waals surface area contributed by atoms with Crippen LogP contribution in [0, 0.1) is 11.3 Å². The molecule has 0 radical (unpaired) electrons. The van der Waals surface area contributed by atoms with Crippen molar-refractivity contribution in [2.75, 3.05) is 13.2 Å². The third kappa shape index (κ3) is 6.01. The van der Waals surface area contributed by atoms with Crippen LogP contribution in [-0.2, 0) is 14.8 Å². The van der Waals surface area contributed by atoms with Crippen molar-refractivity contribution in [2.45, 2.75) is 4.90 Å². The first kappa shape index (κ1) is 19.1. The summed E-state index contributed by atoms with van der Waals surface area (Å²) in [5, 5.41) is 12.2. The largest absolute Gasteiger partial charge is 0.479 e. The van der Waals surface area contributed by atoms with Gasteiger partial charge in [-0.15, -0.1) is 0 Å². The van der Waals surface area contributed by atoms with E-state index in [9.17, 15) is 13.2 Å². The predicted octanol–water partition coefficient (Wildman–Crippen LogP) is 1.02. The lowest BCUT2D eigenvalue weighted by molar-refractivity contribution is -0.119. The minimum absolute atomic E-state index is 0.0393. The van der Waals surface area contributed by atoms with Crippen LogP contribution in [0.25, 0.3) is 0 Å². The van der Waals surface area contributed by atoms with Gasteiger partial charge in [0, 0.05) is 0 Å². The van der Waals surface area contributed by atoms with Crippen LogP contribution in [0.15, 0.2) is 64.6 Å². The second kappa shape index (κ2) is 9.31. The van der Waals surface area contributed by atoms with Gasteiger partial charge in [-0.05, 0) is 42.0 Å². The van der Waals surface area contributed by atoms with Crippen LogP contribution < -0.4 is 14.9 Å². The molecule has 1 amide bonds. The molecule has 134 valence electrons. The predicted molar refractivity (Wildman–Crippen MR) is 94.9 cm³/mol. The summed E-state index contributed by atoms with van der Waals surface area (Å²) in [7, 11) is -3.74. The molecule has 0 saturated heterocycles. The highest BCUT2D eigenvalue weighted by Crippen LogP contribution is 2.10. The average Bonchev–Trinajstić information content (AvgIpc) is 2.66. The van der Waals surface area contributed by atoms with Gasteiger partial charge in [0.1, 0.15) is 11.8 Å². The van der Waals surface area contributed by atoms with E-state index in [4.69, 9.17) is 10.00 Å². The number of nitriles is 1. The molecule has 0 aliphatic carbocycles. The third-order valence-electron chi connectivity index (χ3n) is 3.06. The number of nitrogens with zero attached hydrogens (tertiary/aromatic N) is 2. The number of carbonyl (C=O) groups is 1. The molecule has 26 heavy (non-hydrogen) atoms. The fourth-order valence-electron chi connectivity index (χ4n) is 1.83. The third-order valence-corrected chi connectivity index (χ3v) is 4.48. The number of amides is 1. The van der Waals surface area contributed by atoms with Crippen LogP contribution in [-0.4, -0.2) is 33.7 Å². The monoisotopic (exact) mass is 372 g/mol. The molecule has 0 atom stereocenters. The number of hydrazone groups is 1. The number of benzene rings is 2. The van der Waals surface area contributed by atoms with Crippen LogP contribution in [0.5, 0.6) is 5.75 Å². The number of ether oxygens (including phenoxy) is 1. The van der Waals surface area contributed by atoms with E-state index in [0.717, 1.165) is 0 Å². The van der Waals surface area contributed by atoms with Crippen molar-refractivity contribution in [3.8, 4) is 11.8 Å². The molecule has 0 aliphatic heterocycles. The van der Waals surface area contributed by atoms with E-state index in [2.05, 4.69) is 15.2 Å². The lowest BCUT2D eigenvalue weighted by Crippen LogP contribution is -2.34. The molecule has 0 unspecified atom stereocenters. The number of carbonyl (C=O) groups excluding carboxylic acids is 1. The van der Waals surface area contributed by atoms with Crippen molar-refractivity contribution in [3.63, 3.8) is 0 Å². The van der Waals surface area contributed by atoms with Gasteiger partial charge in [-0.3, -0.25) is 4.79 Å². The zero-order valence-corrected chi connectivity index (χ0v) is 14.4. The Morgan fingerprint density at radius 1 is 1.15 bits per heavy atom. The smallest absolute Gasteiger partial charge is 0.255 e. The fourth-order valence-corrected chi connectivity index (χ4v) is 2.83. The number of hydrogen-bond acceptors (Lipinski definition) is 6. The number of rotatable bonds is 8. The SMILES string of the molecule is N#CCOc1ccc(/C=N\NC(=O)CNS(=O)(=O)c2ccccc2)cc1. The Morgan fingerprint density at radius 3 is 2.50 bits per heavy atom. The van der Waals surface area contributed by atoms with Crippen LogP contribution in [0.2, 0.25) is 0 Å². The molecule has 8 nitrogen and oxygen atoms in total. The van der Waals surface area contributed by atoms with Gasteiger partial charge in [0.25, 0.3) is 5.91 Å². The summed E-state index contributed by atoms with van der Waals surface area (Å²) in [6, 6.07) is 16.3. The van der Waals surface area contributed by atoms with Gasteiger partial charge >= 0.3 is 0 Å². The van der Waals surface area contributed by atoms with Gasteiger partial charge in [-0.1, -0.05) is 18.2 Å². The Kier molecular flexibility index (Phi) is 6.84. The maximum absolute atomic E-state index is 12.0. The van der Waals surface area contributed by atoms with E-state index >= 15 is 0 Å². The zero-order valence-electron chi connectivity index (χ0n) is 13.6. The maximum Gasteiger partial charge on any atom is 0.255 e. The van der Waals surface area contributed by atoms with Crippen molar-refractivity contribution in [3.05, 3.63) is 60.2 Å². The number of nitrogens with one attached hydrogen (secondary N) is 2. The van der Waals surface area contributed by atoms with Gasteiger partial charge in [-0.2, -0.15) is 10.4 Å². The van der Waals surface area contributed by atoms with Gasteiger partial charge in [0.05, 0.1) is 17.7 Å². The van der Waals surface area contributed by atoms with E-state index in [1.54, 1.807) is 42.5 Å². The molecule has 0 aliphatic rings. The molecular formula is C17H16N4O4S. The van der Waals surface area contributed by atoms with Crippen LogP contribution in [0.1, 0.15) is 5.56 Å². The topological polar surface area (TPSA) is 121 Å². The first-order chi connectivity index (χ1) is 12.5. The summed E-state index contributed by atoms with van der Waals surface area (Å²) >= 11 is 0.